The van der Waals surface area contributed by atoms with Crippen molar-refractivity contribution in [3.05, 3.63) is 59.7 Å². The number of benzene rings is 1. The summed E-state index contributed by atoms with van der Waals surface area (Å²) in [4.78, 5) is 4.00. The molecule has 0 radical (unpaired) electrons. The van der Waals surface area contributed by atoms with E-state index in [1.54, 1.807) is 31.5 Å². The van der Waals surface area contributed by atoms with Crippen molar-refractivity contribution in [1.82, 2.24) is 4.98 Å². The zero-order valence-electron chi connectivity index (χ0n) is 11.7. The summed E-state index contributed by atoms with van der Waals surface area (Å²) in [6.45, 7) is 3.72. The number of ether oxygens (including phenoxy) is 1. The van der Waals surface area contributed by atoms with Gasteiger partial charge in [0.1, 0.15) is 17.7 Å². The SMILES string of the molecule is CCC(N)C(Oc1ccc(F)c(C)c1)c1ccncc1. The van der Waals surface area contributed by atoms with Gasteiger partial charge in [-0.15, -0.1) is 0 Å². The second kappa shape index (κ2) is 6.48. The molecule has 0 fully saturated rings. The summed E-state index contributed by atoms with van der Waals surface area (Å²) in [7, 11) is 0. The molecule has 106 valence electrons. The maximum absolute atomic E-state index is 13.3. The molecule has 0 aliphatic carbocycles. The predicted molar refractivity (Wildman–Crippen MR) is 77.0 cm³/mol. The molecule has 3 nitrogen and oxygen atoms in total. The summed E-state index contributed by atoms with van der Waals surface area (Å²) in [6, 6.07) is 8.35. The zero-order chi connectivity index (χ0) is 14.5. The van der Waals surface area contributed by atoms with Gasteiger partial charge >= 0.3 is 0 Å². The number of pyridine rings is 1. The minimum Gasteiger partial charge on any atom is -0.484 e. The van der Waals surface area contributed by atoms with Crippen molar-refractivity contribution in [3.63, 3.8) is 0 Å². The Morgan fingerprint density at radius 2 is 1.95 bits per heavy atom. The Kier molecular flexibility index (Phi) is 4.69. The molecule has 20 heavy (non-hydrogen) atoms. The van der Waals surface area contributed by atoms with Gasteiger partial charge in [-0.1, -0.05) is 6.92 Å². The predicted octanol–water partition coefficient (Wildman–Crippen LogP) is 3.39. The number of nitrogens with zero attached hydrogens (tertiary/aromatic N) is 1. The minimum atomic E-state index is -0.270. The van der Waals surface area contributed by atoms with Crippen LogP contribution in [-0.4, -0.2) is 11.0 Å². The monoisotopic (exact) mass is 274 g/mol. The fourth-order valence-electron chi connectivity index (χ4n) is 2.01. The van der Waals surface area contributed by atoms with Crippen molar-refractivity contribution in [3.8, 4) is 5.75 Å². The summed E-state index contributed by atoms with van der Waals surface area (Å²) < 4.78 is 19.3. The third-order valence-corrected chi connectivity index (χ3v) is 3.29. The van der Waals surface area contributed by atoms with Gasteiger partial charge in [-0.2, -0.15) is 0 Å². The number of nitrogens with two attached hydrogens (primary N) is 1. The zero-order valence-corrected chi connectivity index (χ0v) is 11.7. The average molecular weight is 274 g/mol. The number of aromatic nitrogens is 1. The summed E-state index contributed by atoms with van der Waals surface area (Å²) in [5.74, 6) is 0.382. The van der Waals surface area contributed by atoms with Gasteiger partial charge in [0.15, 0.2) is 0 Å². The lowest BCUT2D eigenvalue weighted by molar-refractivity contribution is 0.170. The van der Waals surface area contributed by atoms with Crippen molar-refractivity contribution < 1.29 is 9.13 Å². The van der Waals surface area contributed by atoms with E-state index in [-0.39, 0.29) is 18.0 Å². The number of hydrogen-bond donors (Lipinski definition) is 1. The summed E-state index contributed by atoms with van der Waals surface area (Å²) in [6.07, 6.45) is 3.94. The third-order valence-electron chi connectivity index (χ3n) is 3.29. The van der Waals surface area contributed by atoms with Crippen molar-refractivity contribution in [2.45, 2.75) is 32.4 Å². The standard InChI is InChI=1S/C16H19FN2O/c1-3-15(18)16(12-6-8-19-9-7-12)20-13-4-5-14(17)11(2)10-13/h4-10,15-16H,3,18H2,1-2H3. The first kappa shape index (κ1) is 14.5. The first-order valence-electron chi connectivity index (χ1n) is 6.70. The van der Waals surface area contributed by atoms with E-state index in [9.17, 15) is 4.39 Å². The van der Waals surface area contributed by atoms with E-state index in [4.69, 9.17) is 10.5 Å². The highest BCUT2D eigenvalue weighted by Crippen LogP contribution is 2.26. The lowest BCUT2D eigenvalue weighted by Gasteiger charge is -2.24. The second-order valence-corrected chi connectivity index (χ2v) is 4.80. The smallest absolute Gasteiger partial charge is 0.139 e. The summed E-state index contributed by atoms with van der Waals surface area (Å²) in [5.41, 5.74) is 7.67. The Labute approximate surface area is 118 Å². The third kappa shape index (κ3) is 3.33. The molecule has 2 atom stereocenters. The normalized spacial score (nSPS) is 13.8. The fourth-order valence-corrected chi connectivity index (χ4v) is 2.01. The quantitative estimate of drug-likeness (QED) is 0.909. The van der Waals surface area contributed by atoms with E-state index < -0.39 is 0 Å². The number of hydrogen-bond acceptors (Lipinski definition) is 3. The Bertz CT molecular complexity index is 560. The van der Waals surface area contributed by atoms with Crippen LogP contribution >= 0.6 is 0 Å². The minimum absolute atomic E-state index is 0.136. The topological polar surface area (TPSA) is 48.1 Å². The van der Waals surface area contributed by atoms with Crippen LogP contribution in [0.2, 0.25) is 0 Å². The maximum Gasteiger partial charge on any atom is 0.139 e. The van der Waals surface area contributed by atoms with E-state index in [1.165, 1.54) is 6.07 Å². The molecule has 2 N–H and O–H groups in total. The fraction of sp³-hybridized carbons (Fsp3) is 0.312. The molecule has 1 aromatic carbocycles. The van der Waals surface area contributed by atoms with Gasteiger partial charge in [0.25, 0.3) is 0 Å². The van der Waals surface area contributed by atoms with Crippen LogP contribution in [0.4, 0.5) is 4.39 Å². The molecule has 0 aliphatic heterocycles. The van der Waals surface area contributed by atoms with Crippen LogP contribution < -0.4 is 10.5 Å². The van der Waals surface area contributed by atoms with Crippen LogP contribution in [0.1, 0.15) is 30.6 Å². The maximum atomic E-state index is 13.3. The molecule has 0 amide bonds. The number of halogens is 1. The number of aryl methyl sites for hydroxylation is 1. The molecular weight excluding hydrogens is 255 g/mol. The first-order valence-corrected chi connectivity index (χ1v) is 6.70. The van der Waals surface area contributed by atoms with Gasteiger partial charge in [0.2, 0.25) is 0 Å². The van der Waals surface area contributed by atoms with Crippen molar-refractivity contribution >= 4 is 0 Å². The van der Waals surface area contributed by atoms with Crippen molar-refractivity contribution in [2.24, 2.45) is 5.73 Å². The summed E-state index contributed by atoms with van der Waals surface area (Å²) >= 11 is 0. The molecule has 1 heterocycles. The number of rotatable bonds is 5. The van der Waals surface area contributed by atoms with Crippen LogP contribution in [0.25, 0.3) is 0 Å². The van der Waals surface area contributed by atoms with Crippen LogP contribution in [0.3, 0.4) is 0 Å². The molecule has 0 bridgehead atoms. The average Bonchev–Trinajstić information content (AvgIpc) is 2.48. The van der Waals surface area contributed by atoms with Gasteiger partial charge in [0, 0.05) is 18.4 Å². The molecule has 2 rings (SSSR count). The van der Waals surface area contributed by atoms with Crippen LogP contribution in [0.5, 0.6) is 5.75 Å². The van der Waals surface area contributed by atoms with Crippen molar-refractivity contribution in [2.75, 3.05) is 0 Å². The highest BCUT2D eigenvalue weighted by Gasteiger charge is 2.20. The molecular formula is C16H19FN2O. The second-order valence-electron chi connectivity index (χ2n) is 4.80. The highest BCUT2D eigenvalue weighted by molar-refractivity contribution is 5.30. The molecule has 0 saturated heterocycles. The summed E-state index contributed by atoms with van der Waals surface area (Å²) in [5, 5.41) is 0. The van der Waals surface area contributed by atoms with Crippen molar-refractivity contribution in [1.29, 1.82) is 0 Å². The van der Waals surface area contributed by atoms with Crippen LogP contribution in [0.15, 0.2) is 42.7 Å². The van der Waals surface area contributed by atoms with Gasteiger partial charge in [-0.25, -0.2) is 4.39 Å². The van der Waals surface area contributed by atoms with E-state index in [1.807, 2.05) is 19.1 Å². The van der Waals surface area contributed by atoms with Gasteiger partial charge in [0.05, 0.1) is 0 Å². The highest BCUT2D eigenvalue weighted by atomic mass is 19.1. The van der Waals surface area contributed by atoms with Crippen LogP contribution in [-0.2, 0) is 0 Å². The first-order chi connectivity index (χ1) is 9.61. The largest absolute Gasteiger partial charge is 0.484 e. The van der Waals surface area contributed by atoms with Crippen LogP contribution in [0, 0.1) is 12.7 Å². The van der Waals surface area contributed by atoms with E-state index in [2.05, 4.69) is 4.98 Å². The lowest BCUT2D eigenvalue weighted by atomic mass is 10.0. The van der Waals surface area contributed by atoms with E-state index >= 15 is 0 Å². The van der Waals surface area contributed by atoms with Gasteiger partial charge < -0.3 is 10.5 Å². The van der Waals surface area contributed by atoms with E-state index in [0.717, 1.165) is 12.0 Å². The molecule has 1 aromatic heterocycles. The molecule has 0 saturated carbocycles. The molecule has 0 aliphatic rings. The van der Waals surface area contributed by atoms with Gasteiger partial charge in [-0.05, 0) is 54.8 Å². The Morgan fingerprint density at radius 1 is 1.25 bits per heavy atom. The molecule has 2 aromatic rings. The molecule has 0 spiro atoms. The Morgan fingerprint density at radius 3 is 2.55 bits per heavy atom. The Hall–Kier alpha value is -1.94. The lowest BCUT2D eigenvalue weighted by Crippen LogP contribution is -2.31. The van der Waals surface area contributed by atoms with E-state index in [0.29, 0.717) is 11.3 Å². The molecule has 4 heteroatoms. The molecule has 2 unspecified atom stereocenters. The Balaban J connectivity index is 2.26. The van der Waals surface area contributed by atoms with Gasteiger partial charge in [-0.3, -0.25) is 4.98 Å².